The first-order valence-corrected chi connectivity index (χ1v) is 8.15. The van der Waals surface area contributed by atoms with E-state index in [2.05, 4.69) is 4.98 Å². The summed E-state index contributed by atoms with van der Waals surface area (Å²) >= 11 is 6.22. The Morgan fingerprint density at radius 1 is 1.22 bits per heavy atom. The highest BCUT2D eigenvalue weighted by Crippen LogP contribution is 2.37. The molecule has 2 heterocycles. The van der Waals surface area contributed by atoms with Crippen molar-refractivity contribution >= 4 is 35.2 Å². The lowest BCUT2D eigenvalue weighted by molar-refractivity contribution is 0.00578. The zero-order chi connectivity index (χ0) is 17.2. The van der Waals surface area contributed by atoms with Crippen LogP contribution in [0, 0.1) is 12.7 Å². The largest absolute Gasteiger partial charge is 0.495 e. The van der Waals surface area contributed by atoms with Crippen molar-refractivity contribution in [1.82, 2.24) is 9.55 Å². The van der Waals surface area contributed by atoms with Crippen LogP contribution in [0.15, 0.2) is 12.1 Å². The number of benzene rings is 1. The van der Waals surface area contributed by atoms with E-state index in [1.54, 1.807) is 4.57 Å². The standard InChI is InChI=1S/C16H21BClFN2O2/c1-9(18)21-10(2)20-14-12(19)7-11(8-13(14)21)17-22-15(3,4)16(5,6)23-17/h7-9H,1-6H3. The molecule has 0 aliphatic carbocycles. The predicted molar refractivity (Wildman–Crippen MR) is 90.7 cm³/mol. The first kappa shape index (κ1) is 16.7. The molecule has 1 aliphatic heterocycles. The summed E-state index contributed by atoms with van der Waals surface area (Å²) in [5.74, 6) is 0.277. The Hall–Kier alpha value is -1.11. The van der Waals surface area contributed by atoms with Crippen molar-refractivity contribution in [3.05, 3.63) is 23.8 Å². The lowest BCUT2D eigenvalue weighted by Crippen LogP contribution is -2.41. The average Bonchev–Trinajstić information content (AvgIpc) is 2.83. The molecule has 7 heteroatoms. The molecule has 0 bridgehead atoms. The van der Waals surface area contributed by atoms with Crippen LogP contribution < -0.4 is 5.46 Å². The Bertz CT molecular complexity index is 757. The molecule has 1 aromatic carbocycles. The van der Waals surface area contributed by atoms with E-state index in [0.29, 0.717) is 22.3 Å². The average molecular weight is 339 g/mol. The number of rotatable bonds is 2. The van der Waals surface area contributed by atoms with E-state index in [4.69, 9.17) is 20.9 Å². The van der Waals surface area contributed by atoms with Crippen molar-refractivity contribution in [1.29, 1.82) is 0 Å². The van der Waals surface area contributed by atoms with Gasteiger partial charge in [0.05, 0.1) is 16.7 Å². The predicted octanol–water partition coefficient (Wildman–Crippen LogP) is 3.54. The number of alkyl halides is 1. The van der Waals surface area contributed by atoms with Gasteiger partial charge < -0.3 is 13.9 Å². The fourth-order valence-electron chi connectivity index (χ4n) is 2.85. The number of halogens is 2. The third-order valence-corrected chi connectivity index (χ3v) is 5.02. The van der Waals surface area contributed by atoms with Crippen LogP contribution in [0.4, 0.5) is 4.39 Å². The molecule has 1 aliphatic rings. The van der Waals surface area contributed by atoms with Gasteiger partial charge in [-0.15, -0.1) is 0 Å². The van der Waals surface area contributed by atoms with Crippen LogP contribution in [0.3, 0.4) is 0 Å². The number of aryl methyl sites for hydroxylation is 1. The second-order valence-electron chi connectivity index (χ2n) is 7.06. The molecule has 0 amide bonds. The van der Waals surface area contributed by atoms with Gasteiger partial charge in [0.1, 0.15) is 16.8 Å². The van der Waals surface area contributed by atoms with Crippen molar-refractivity contribution in [3.63, 3.8) is 0 Å². The SMILES string of the molecule is Cc1nc2c(F)cc(B3OC(C)(C)C(C)(C)O3)cc2n1C(C)Cl. The van der Waals surface area contributed by atoms with Gasteiger partial charge in [-0.2, -0.15) is 0 Å². The minimum atomic E-state index is -0.617. The van der Waals surface area contributed by atoms with Gasteiger partial charge in [0.25, 0.3) is 0 Å². The monoisotopic (exact) mass is 338 g/mol. The summed E-state index contributed by atoms with van der Waals surface area (Å²) in [6.45, 7) is 11.5. The highest BCUT2D eigenvalue weighted by atomic mass is 35.5. The highest BCUT2D eigenvalue weighted by molar-refractivity contribution is 6.62. The van der Waals surface area contributed by atoms with Crippen molar-refractivity contribution in [2.75, 3.05) is 0 Å². The Morgan fingerprint density at radius 3 is 2.30 bits per heavy atom. The van der Waals surface area contributed by atoms with Crippen molar-refractivity contribution in [2.24, 2.45) is 0 Å². The fourth-order valence-corrected chi connectivity index (χ4v) is 3.10. The molecule has 1 unspecified atom stereocenters. The van der Waals surface area contributed by atoms with Crippen LogP contribution in [0.25, 0.3) is 11.0 Å². The molecule has 0 N–H and O–H groups in total. The van der Waals surface area contributed by atoms with E-state index >= 15 is 0 Å². The van der Waals surface area contributed by atoms with Crippen molar-refractivity contribution < 1.29 is 13.7 Å². The maximum absolute atomic E-state index is 14.5. The number of hydrogen-bond donors (Lipinski definition) is 0. The molecule has 0 saturated carbocycles. The number of hydrogen-bond acceptors (Lipinski definition) is 3. The topological polar surface area (TPSA) is 36.3 Å². The first-order valence-electron chi connectivity index (χ1n) is 7.71. The van der Waals surface area contributed by atoms with Gasteiger partial charge >= 0.3 is 7.12 Å². The smallest absolute Gasteiger partial charge is 0.399 e. The van der Waals surface area contributed by atoms with Crippen molar-refractivity contribution in [2.45, 2.75) is 58.2 Å². The number of nitrogens with zero attached hydrogens (tertiary/aromatic N) is 2. The normalized spacial score (nSPS) is 21.1. The Balaban J connectivity index is 2.12. The van der Waals surface area contributed by atoms with E-state index in [0.717, 1.165) is 0 Å². The van der Waals surface area contributed by atoms with Crippen LogP contribution in [0.2, 0.25) is 0 Å². The van der Waals surface area contributed by atoms with Crippen LogP contribution in [0.1, 0.15) is 45.9 Å². The summed E-state index contributed by atoms with van der Waals surface area (Å²) in [6, 6.07) is 3.28. The Morgan fingerprint density at radius 2 is 1.78 bits per heavy atom. The second kappa shape index (κ2) is 5.20. The van der Waals surface area contributed by atoms with Gasteiger partial charge in [0.15, 0.2) is 5.82 Å². The van der Waals surface area contributed by atoms with Crippen LogP contribution in [-0.2, 0) is 9.31 Å². The summed E-state index contributed by atoms with van der Waals surface area (Å²) in [7, 11) is -0.617. The quantitative estimate of drug-likeness (QED) is 0.621. The summed E-state index contributed by atoms with van der Waals surface area (Å²) < 4.78 is 28.3. The van der Waals surface area contributed by atoms with E-state index in [-0.39, 0.29) is 5.50 Å². The zero-order valence-electron chi connectivity index (χ0n) is 14.3. The highest BCUT2D eigenvalue weighted by Gasteiger charge is 2.51. The third kappa shape index (κ3) is 2.57. The maximum atomic E-state index is 14.5. The number of imidazole rings is 1. The van der Waals surface area contributed by atoms with Gasteiger partial charge in [-0.25, -0.2) is 9.37 Å². The summed E-state index contributed by atoms with van der Waals surface area (Å²) in [6.07, 6.45) is 0. The van der Waals surface area contributed by atoms with Gasteiger partial charge in [0.2, 0.25) is 0 Å². The summed E-state index contributed by atoms with van der Waals surface area (Å²) in [5.41, 5.74) is 0.322. The van der Waals surface area contributed by atoms with Gasteiger partial charge in [-0.3, -0.25) is 0 Å². The van der Waals surface area contributed by atoms with E-state index in [9.17, 15) is 4.39 Å². The van der Waals surface area contributed by atoms with Gasteiger partial charge in [-0.05, 0) is 59.1 Å². The van der Waals surface area contributed by atoms with Gasteiger partial charge in [0, 0.05) is 0 Å². The minimum absolute atomic E-state index is 0.315. The number of aromatic nitrogens is 2. The number of fused-ring (bicyclic) bond motifs is 1. The van der Waals surface area contributed by atoms with Crippen LogP contribution in [0.5, 0.6) is 0 Å². The summed E-state index contributed by atoms with van der Waals surface area (Å²) in [5, 5.41) is 0. The first-order chi connectivity index (χ1) is 10.5. The molecule has 1 aromatic heterocycles. The molecule has 1 atom stereocenters. The molecular formula is C16H21BClFN2O2. The van der Waals surface area contributed by atoms with Crippen molar-refractivity contribution in [3.8, 4) is 0 Å². The zero-order valence-corrected chi connectivity index (χ0v) is 15.0. The molecule has 0 radical (unpaired) electrons. The molecule has 124 valence electrons. The van der Waals surface area contributed by atoms with Gasteiger partial charge in [-0.1, -0.05) is 11.6 Å². The summed E-state index contributed by atoms with van der Waals surface area (Å²) in [4.78, 5) is 4.28. The fraction of sp³-hybridized carbons (Fsp3) is 0.562. The van der Waals surface area contributed by atoms with E-state index in [1.807, 2.05) is 47.6 Å². The van der Waals surface area contributed by atoms with E-state index in [1.165, 1.54) is 6.07 Å². The maximum Gasteiger partial charge on any atom is 0.495 e. The lowest BCUT2D eigenvalue weighted by Gasteiger charge is -2.32. The molecule has 23 heavy (non-hydrogen) atoms. The minimum Gasteiger partial charge on any atom is -0.399 e. The molecule has 1 fully saturated rings. The second-order valence-corrected chi connectivity index (χ2v) is 7.69. The molecule has 3 rings (SSSR count). The Kier molecular flexibility index (Phi) is 3.78. The molecular weight excluding hydrogens is 317 g/mol. The van der Waals surface area contributed by atoms with Crippen LogP contribution >= 0.6 is 11.6 Å². The third-order valence-electron chi connectivity index (χ3n) is 4.83. The molecule has 2 aromatic rings. The van der Waals surface area contributed by atoms with E-state index < -0.39 is 24.1 Å². The van der Waals surface area contributed by atoms with Crippen LogP contribution in [-0.4, -0.2) is 27.9 Å². The Labute approximate surface area is 141 Å². The molecule has 0 spiro atoms. The lowest BCUT2D eigenvalue weighted by atomic mass is 9.79. The molecule has 1 saturated heterocycles. The molecule has 4 nitrogen and oxygen atoms in total.